The number of carbonyl (C=O) groups excluding carboxylic acids is 1. The van der Waals surface area contributed by atoms with Crippen LogP contribution in [0.15, 0.2) is 60.7 Å². The predicted molar refractivity (Wildman–Crippen MR) is 127 cm³/mol. The minimum absolute atomic E-state index is 0.145. The average molecular weight is 459 g/mol. The first-order valence-electron chi connectivity index (χ1n) is 9.88. The number of carbonyl (C=O) groups is 1. The maximum atomic E-state index is 12.3. The molecule has 0 fully saturated rings. The smallest absolute Gasteiger partial charge is 0.262 e. The number of aryl methyl sites for hydroxylation is 1. The van der Waals surface area contributed by atoms with Crippen molar-refractivity contribution in [2.24, 2.45) is 0 Å². The van der Waals surface area contributed by atoms with Crippen molar-refractivity contribution < 1.29 is 14.3 Å². The molecule has 31 heavy (non-hydrogen) atoms. The molecule has 0 aliphatic rings. The van der Waals surface area contributed by atoms with Crippen molar-refractivity contribution in [3.05, 3.63) is 81.8 Å². The third kappa shape index (κ3) is 6.81. The van der Waals surface area contributed by atoms with Gasteiger partial charge in [-0.2, -0.15) is 0 Å². The number of anilines is 2. The van der Waals surface area contributed by atoms with Crippen molar-refractivity contribution in [2.75, 3.05) is 23.8 Å². The van der Waals surface area contributed by atoms with Gasteiger partial charge in [0.05, 0.1) is 6.61 Å². The predicted octanol–water partition coefficient (Wildman–Crippen LogP) is 6.33. The average Bonchev–Trinajstić information content (AvgIpc) is 2.75. The normalized spacial score (nSPS) is 10.5. The van der Waals surface area contributed by atoms with Crippen LogP contribution in [0.5, 0.6) is 11.5 Å². The Bertz CT molecular complexity index is 1040. The second kappa shape index (κ2) is 10.9. The van der Waals surface area contributed by atoms with E-state index < -0.39 is 0 Å². The van der Waals surface area contributed by atoms with E-state index in [1.54, 1.807) is 18.2 Å². The second-order valence-corrected chi connectivity index (χ2v) is 7.72. The van der Waals surface area contributed by atoms with E-state index in [9.17, 15) is 4.79 Å². The van der Waals surface area contributed by atoms with Gasteiger partial charge in [-0.15, -0.1) is 0 Å². The molecule has 0 spiro atoms. The van der Waals surface area contributed by atoms with E-state index in [-0.39, 0.29) is 12.5 Å². The molecule has 3 rings (SSSR count). The summed E-state index contributed by atoms with van der Waals surface area (Å²) in [5, 5.41) is 7.40. The van der Waals surface area contributed by atoms with E-state index in [1.165, 1.54) is 0 Å². The zero-order valence-electron chi connectivity index (χ0n) is 17.4. The van der Waals surface area contributed by atoms with E-state index >= 15 is 0 Å². The Balaban J connectivity index is 1.60. The first-order chi connectivity index (χ1) is 14.9. The van der Waals surface area contributed by atoms with Crippen LogP contribution in [0.3, 0.4) is 0 Å². The van der Waals surface area contributed by atoms with E-state index in [2.05, 4.69) is 10.6 Å². The molecule has 0 heterocycles. The lowest BCUT2D eigenvalue weighted by Gasteiger charge is -2.14. The Morgan fingerprint density at radius 2 is 1.65 bits per heavy atom. The van der Waals surface area contributed by atoms with E-state index in [1.807, 2.05) is 56.3 Å². The van der Waals surface area contributed by atoms with Crippen molar-refractivity contribution >= 4 is 40.5 Å². The fourth-order valence-corrected chi connectivity index (χ4v) is 3.14. The standard InChI is InChI=1S/C24H24Cl2N2O3/c1-3-30-23-12-17(14-27-19-9-6-18(25)7-10-19)5-11-22(23)31-15-24(29)28-20-8-4-16(2)21(26)13-20/h4-13,27H,3,14-15H2,1-2H3,(H,28,29). The second-order valence-electron chi connectivity index (χ2n) is 6.88. The molecule has 0 atom stereocenters. The molecule has 2 N–H and O–H groups in total. The first-order valence-corrected chi connectivity index (χ1v) is 10.6. The minimum atomic E-state index is -0.282. The van der Waals surface area contributed by atoms with Gasteiger partial charge in [-0.3, -0.25) is 4.79 Å². The lowest BCUT2D eigenvalue weighted by molar-refractivity contribution is -0.118. The molecule has 0 radical (unpaired) electrons. The minimum Gasteiger partial charge on any atom is -0.490 e. The van der Waals surface area contributed by atoms with Gasteiger partial charge in [0, 0.05) is 28.0 Å². The van der Waals surface area contributed by atoms with Crippen LogP contribution in [0.4, 0.5) is 11.4 Å². The Labute approximate surface area is 192 Å². The van der Waals surface area contributed by atoms with Gasteiger partial charge in [0.2, 0.25) is 0 Å². The number of hydrogen-bond acceptors (Lipinski definition) is 4. The van der Waals surface area contributed by atoms with Gasteiger partial charge in [0.15, 0.2) is 18.1 Å². The van der Waals surface area contributed by atoms with Crippen molar-refractivity contribution in [1.29, 1.82) is 0 Å². The SMILES string of the molecule is CCOc1cc(CNc2ccc(Cl)cc2)ccc1OCC(=O)Nc1ccc(C)c(Cl)c1. The highest BCUT2D eigenvalue weighted by atomic mass is 35.5. The first kappa shape index (κ1) is 22.8. The maximum absolute atomic E-state index is 12.3. The molecular weight excluding hydrogens is 435 g/mol. The fraction of sp³-hybridized carbons (Fsp3) is 0.208. The molecule has 5 nitrogen and oxygen atoms in total. The Hall–Kier alpha value is -2.89. The summed E-state index contributed by atoms with van der Waals surface area (Å²) < 4.78 is 11.4. The van der Waals surface area contributed by atoms with Crippen molar-refractivity contribution in [1.82, 2.24) is 0 Å². The number of rotatable bonds is 9. The fourth-order valence-electron chi connectivity index (χ4n) is 2.83. The molecule has 0 unspecified atom stereocenters. The Kier molecular flexibility index (Phi) is 8.04. The molecule has 7 heteroatoms. The molecule has 0 aliphatic heterocycles. The van der Waals surface area contributed by atoms with Gasteiger partial charge in [0.1, 0.15) is 0 Å². The summed E-state index contributed by atoms with van der Waals surface area (Å²) in [5.74, 6) is 0.814. The molecular formula is C24H24Cl2N2O3. The number of hydrogen-bond donors (Lipinski definition) is 2. The van der Waals surface area contributed by atoms with Crippen LogP contribution in [0.1, 0.15) is 18.1 Å². The van der Waals surface area contributed by atoms with E-state index in [0.717, 1.165) is 16.8 Å². The molecule has 0 aliphatic carbocycles. The van der Waals surface area contributed by atoms with E-state index in [4.69, 9.17) is 32.7 Å². The van der Waals surface area contributed by atoms with Gasteiger partial charge in [0.25, 0.3) is 5.91 Å². The van der Waals surface area contributed by atoms with Crippen molar-refractivity contribution in [3.8, 4) is 11.5 Å². The summed E-state index contributed by atoms with van der Waals surface area (Å²) in [6.45, 7) is 4.75. The quantitative estimate of drug-likeness (QED) is 0.393. The Morgan fingerprint density at radius 3 is 2.35 bits per heavy atom. The highest BCUT2D eigenvalue weighted by molar-refractivity contribution is 6.31. The number of nitrogens with one attached hydrogen (secondary N) is 2. The summed E-state index contributed by atoms with van der Waals surface area (Å²) in [6.07, 6.45) is 0. The lowest BCUT2D eigenvalue weighted by Crippen LogP contribution is -2.20. The lowest BCUT2D eigenvalue weighted by atomic mass is 10.2. The zero-order valence-corrected chi connectivity index (χ0v) is 18.9. The maximum Gasteiger partial charge on any atom is 0.262 e. The zero-order chi connectivity index (χ0) is 22.2. The largest absolute Gasteiger partial charge is 0.490 e. The monoisotopic (exact) mass is 458 g/mol. The van der Waals surface area contributed by atoms with Crippen LogP contribution in [-0.4, -0.2) is 19.1 Å². The molecule has 1 amide bonds. The molecule has 0 saturated heterocycles. The summed E-state index contributed by atoms with van der Waals surface area (Å²) in [5.41, 5.74) is 3.56. The van der Waals surface area contributed by atoms with Crippen LogP contribution in [0.25, 0.3) is 0 Å². The summed E-state index contributed by atoms with van der Waals surface area (Å²) in [7, 11) is 0. The Morgan fingerprint density at radius 1 is 0.903 bits per heavy atom. The topological polar surface area (TPSA) is 59.6 Å². The van der Waals surface area contributed by atoms with Crippen molar-refractivity contribution in [3.63, 3.8) is 0 Å². The summed E-state index contributed by atoms with van der Waals surface area (Å²) in [4.78, 5) is 12.3. The number of halogens is 2. The summed E-state index contributed by atoms with van der Waals surface area (Å²) >= 11 is 12.0. The summed E-state index contributed by atoms with van der Waals surface area (Å²) in [6, 6.07) is 18.5. The van der Waals surface area contributed by atoms with Gasteiger partial charge in [-0.1, -0.05) is 35.3 Å². The van der Waals surface area contributed by atoms with Crippen molar-refractivity contribution in [2.45, 2.75) is 20.4 Å². The van der Waals surface area contributed by atoms with Gasteiger partial charge in [-0.25, -0.2) is 0 Å². The number of amides is 1. The van der Waals surface area contributed by atoms with Crippen LogP contribution >= 0.6 is 23.2 Å². The molecule has 0 saturated carbocycles. The van der Waals surface area contributed by atoms with Crippen LogP contribution < -0.4 is 20.1 Å². The van der Waals surface area contributed by atoms with Gasteiger partial charge in [-0.05, 0) is 73.5 Å². The molecule has 162 valence electrons. The molecule has 0 aromatic heterocycles. The van der Waals surface area contributed by atoms with Gasteiger partial charge >= 0.3 is 0 Å². The van der Waals surface area contributed by atoms with Crippen LogP contribution in [0, 0.1) is 6.92 Å². The highest BCUT2D eigenvalue weighted by Crippen LogP contribution is 2.29. The third-order valence-corrected chi connectivity index (χ3v) is 5.12. The number of ether oxygens (including phenoxy) is 2. The molecule has 0 bridgehead atoms. The third-order valence-electron chi connectivity index (χ3n) is 4.46. The van der Waals surface area contributed by atoms with Crippen LogP contribution in [-0.2, 0) is 11.3 Å². The number of benzene rings is 3. The molecule has 3 aromatic carbocycles. The highest BCUT2D eigenvalue weighted by Gasteiger charge is 2.10. The molecule has 3 aromatic rings. The van der Waals surface area contributed by atoms with Gasteiger partial charge < -0.3 is 20.1 Å². The van der Waals surface area contributed by atoms with Crippen LogP contribution in [0.2, 0.25) is 10.0 Å². The van der Waals surface area contributed by atoms with E-state index in [0.29, 0.717) is 40.4 Å².